The normalized spacial score (nSPS) is 15.1. The lowest BCUT2D eigenvalue weighted by atomic mass is 9.97. The van der Waals surface area contributed by atoms with Crippen LogP contribution in [-0.4, -0.2) is 16.5 Å². The number of fused-ring (bicyclic) bond motifs is 1. The maximum atomic E-state index is 5.18. The van der Waals surface area contributed by atoms with Gasteiger partial charge >= 0.3 is 0 Å². The molecule has 0 unspecified atom stereocenters. The SMILES string of the molecule is S=c1nc(NCCC2=CCCCC2)c2ccccc2[nH]1. The predicted octanol–water partition coefficient (Wildman–Crippen LogP) is 4.59. The third-order valence-corrected chi connectivity index (χ3v) is 3.95. The van der Waals surface area contributed by atoms with Crippen LogP contribution in [0.2, 0.25) is 0 Å². The van der Waals surface area contributed by atoms with Crippen molar-refractivity contribution in [2.45, 2.75) is 32.1 Å². The van der Waals surface area contributed by atoms with E-state index in [1.165, 1.54) is 25.7 Å². The molecule has 0 radical (unpaired) electrons. The van der Waals surface area contributed by atoms with E-state index in [0.717, 1.165) is 29.7 Å². The predicted molar refractivity (Wildman–Crippen MR) is 86.6 cm³/mol. The van der Waals surface area contributed by atoms with E-state index in [9.17, 15) is 0 Å². The van der Waals surface area contributed by atoms with Gasteiger partial charge in [0.15, 0.2) is 4.77 Å². The Kier molecular flexibility index (Phi) is 4.11. The summed E-state index contributed by atoms with van der Waals surface area (Å²) in [5.74, 6) is 0.890. The Morgan fingerprint density at radius 3 is 3.00 bits per heavy atom. The third-order valence-electron chi connectivity index (χ3n) is 3.76. The molecule has 0 atom stereocenters. The molecule has 2 aromatic rings. The van der Waals surface area contributed by atoms with Crippen molar-refractivity contribution in [3.05, 3.63) is 40.7 Å². The first-order chi connectivity index (χ1) is 9.83. The van der Waals surface area contributed by atoms with Gasteiger partial charge in [0.05, 0.1) is 5.52 Å². The minimum Gasteiger partial charge on any atom is -0.369 e. The maximum absolute atomic E-state index is 5.18. The zero-order valence-electron chi connectivity index (χ0n) is 11.5. The van der Waals surface area contributed by atoms with Gasteiger partial charge in [0.2, 0.25) is 0 Å². The number of aromatic nitrogens is 2. The van der Waals surface area contributed by atoms with Gasteiger partial charge in [0.1, 0.15) is 5.82 Å². The zero-order chi connectivity index (χ0) is 13.8. The summed E-state index contributed by atoms with van der Waals surface area (Å²) >= 11 is 5.18. The summed E-state index contributed by atoms with van der Waals surface area (Å²) in [7, 11) is 0. The average Bonchev–Trinajstić information content (AvgIpc) is 2.48. The zero-order valence-corrected chi connectivity index (χ0v) is 12.3. The van der Waals surface area contributed by atoms with Crippen LogP contribution < -0.4 is 5.32 Å². The first-order valence-electron chi connectivity index (χ1n) is 7.24. The summed E-state index contributed by atoms with van der Waals surface area (Å²) in [6, 6.07) is 8.12. The molecule has 1 aromatic carbocycles. The number of allylic oxidation sites excluding steroid dienone is 1. The Morgan fingerprint density at radius 1 is 1.25 bits per heavy atom. The lowest BCUT2D eigenvalue weighted by Crippen LogP contribution is -2.07. The molecule has 0 spiro atoms. The van der Waals surface area contributed by atoms with E-state index in [0.29, 0.717) is 4.77 Å². The number of nitrogens with zero attached hydrogens (tertiary/aromatic N) is 1. The number of aromatic amines is 1. The summed E-state index contributed by atoms with van der Waals surface area (Å²) in [5, 5.41) is 4.53. The van der Waals surface area contributed by atoms with Crippen molar-refractivity contribution in [1.29, 1.82) is 0 Å². The van der Waals surface area contributed by atoms with Crippen molar-refractivity contribution < 1.29 is 0 Å². The number of para-hydroxylation sites is 1. The second-order valence-corrected chi connectivity index (χ2v) is 5.61. The Labute approximate surface area is 124 Å². The van der Waals surface area contributed by atoms with Crippen LogP contribution in [0.15, 0.2) is 35.9 Å². The molecule has 1 aliphatic rings. The summed E-state index contributed by atoms with van der Waals surface area (Å²) in [4.78, 5) is 7.53. The van der Waals surface area contributed by atoms with Gasteiger partial charge in [-0.05, 0) is 56.5 Å². The monoisotopic (exact) mass is 285 g/mol. The number of hydrogen-bond donors (Lipinski definition) is 2. The molecule has 0 saturated heterocycles. The molecule has 1 aromatic heterocycles. The quantitative estimate of drug-likeness (QED) is 0.637. The lowest BCUT2D eigenvalue weighted by Gasteiger charge is -2.13. The van der Waals surface area contributed by atoms with Crippen molar-refractivity contribution in [1.82, 2.24) is 9.97 Å². The van der Waals surface area contributed by atoms with Gasteiger partial charge in [-0.1, -0.05) is 23.8 Å². The van der Waals surface area contributed by atoms with Crippen LogP contribution in [-0.2, 0) is 0 Å². The average molecular weight is 285 g/mol. The second kappa shape index (κ2) is 6.18. The molecule has 1 aliphatic carbocycles. The minimum absolute atomic E-state index is 0.531. The fraction of sp³-hybridized carbons (Fsp3) is 0.375. The molecule has 3 nitrogen and oxygen atoms in total. The van der Waals surface area contributed by atoms with Crippen LogP contribution in [0, 0.1) is 4.77 Å². The molecule has 4 heteroatoms. The van der Waals surface area contributed by atoms with Crippen molar-refractivity contribution in [2.24, 2.45) is 0 Å². The van der Waals surface area contributed by atoms with E-state index >= 15 is 0 Å². The van der Waals surface area contributed by atoms with Crippen molar-refractivity contribution in [3.63, 3.8) is 0 Å². The number of H-pyrrole nitrogens is 1. The highest BCUT2D eigenvalue weighted by Gasteiger charge is 2.05. The highest BCUT2D eigenvalue weighted by molar-refractivity contribution is 7.71. The molecule has 20 heavy (non-hydrogen) atoms. The van der Waals surface area contributed by atoms with Crippen LogP contribution in [0.4, 0.5) is 5.82 Å². The van der Waals surface area contributed by atoms with E-state index in [2.05, 4.69) is 27.4 Å². The summed E-state index contributed by atoms with van der Waals surface area (Å²) in [6.45, 7) is 0.918. The van der Waals surface area contributed by atoms with E-state index in [1.54, 1.807) is 5.57 Å². The first kappa shape index (κ1) is 13.3. The standard InChI is InChI=1S/C16H19N3S/c20-16-18-14-9-5-4-8-13(14)15(19-16)17-11-10-12-6-2-1-3-7-12/h4-6,8-9H,1-3,7,10-11H2,(H2,17,18,19,20). The summed E-state index contributed by atoms with van der Waals surface area (Å²) in [6.07, 6.45) is 8.67. The molecule has 0 fully saturated rings. The molecular formula is C16H19N3S. The van der Waals surface area contributed by atoms with E-state index in [-0.39, 0.29) is 0 Å². The number of anilines is 1. The van der Waals surface area contributed by atoms with Crippen LogP contribution >= 0.6 is 12.2 Å². The Hall–Kier alpha value is -1.68. The van der Waals surface area contributed by atoms with Gasteiger partial charge in [0.25, 0.3) is 0 Å². The smallest absolute Gasteiger partial charge is 0.199 e. The molecular weight excluding hydrogens is 266 g/mol. The van der Waals surface area contributed by atoms with Gasteiger partial charge in [-0.2, -0.15) is 0 Å². The van der Waals surface area contributed by atoms with Crippen LogP contribution in [0.1, 0.15) is 32.1 Å². The van der Waals surface area contributed by atoms with Crippen molar-refractivity contribution >= 4 is 28.9 Å². The highest BCUT2D eigenvalue weighted by Crippen LogP contribution is 2.22. The highest BCUT2D eigenvalue weighted by atomic mass is 32.1. The molecule has 0 aliphatic heterocycles. The van der Waals surface area contributed by atoms with E-state index in [4.69, 9.17) is 12.2 Å². The van der Waals surface area contributed by atoms with E-state index in [1.807, 2.05) is 18.2 Å². The number of hydrogen-bond acceptors (Lipinski definition) is 3. The second-order valence-electron chi connectivity index (χ2n) is 5.22. The van der Waals surface area contributed by atoms with Crippen LogP contribution in [0.25, 0.3) is 10.9 Å². The van der Waals surface area contributed by atoms with Gasteiger partial charge in [-0.15, -0.1) is 0 Å². The largest absolute Gasteiger partial charge is 0.369 e. The van der Waals surface area contributed by atoms with Gasteiger partial charge in [-0.25, -0.2) is 4.98 Å². The summed E-state index contributed by atoms with van der Waals surface area (Å²) in [5.41, 5.74) is 2.61. The van der Waals surface area contributed by atoms with Gasteiger partial charge < -0.3 is 10.3 Å². The third kappa shape index (κ3) is 3.07. The van der Waals surface area contributed by atoms with Crippen LogP contribution in [0.5, 0.6) is 0 Å². The number of rotatable bonds is 4. The lowest BCUT2D eigenvalue weighted by molar-refractivity contribution is 0.679. The van der Waals surface area contributed by atoms with Crippen molar-refractivity contribution in [2.75, 3.05) is 11.9 Å². The molecule has 0 saturated carbocycles. The Morgan fingerprint density at radius 2 is 2.15 bits per heavy atom. The Bertz CT molecular complexity index is 687. The molecule has 0 amide bonds. The van der Waals surface area contributed by atoms with Crippen molar-refractivity contribution in [3.8, 4) is 0 Å². The number of benzene rings is 1. The fourth-order valence-electron chi connectivity index (χ4n) is 2.71. The summed E-state index contributed by atoms with van der Waals surface area (Å²) < 4.78 is 0.531. The van der Waals surface area contributed by atoms with Gasteiger partial charge in [-0.3, -0.25) is 0 Å². The minimum atomic E-state index is 0.531. The maximum Gasteiger partial charge on any atom is 0.199 e. The first-order valence-corrected chi connectivity index (χ1v) is 7.64. The van der Waals surface area contributed by atoms with Crippen LogP contribution in [0.3, 0.4) is 0 Å². The topological polar surface area (TPSA) is 40.7 Å². The Balaban J connectivity index is 1.74. The molecule has 0 bridgehead atoms. The molecule has 2 N–H and O–H groups in total. The number of nitrogens with one attached hydrogen (secondary N) is 2. The fourth-order valence-corrected chi connectivity index (χ4v) is 2.91. The molecule has 104 valence electrons. The molecule has 1 heterocycles. The molecule has 3 rings (SSSR count). The van der Waals surface area contributed by atoms with Gasteiger partial charge in [0, 0.05) is 11.9 Å². The van der Waals surface area contributed by atoms with E-state index < -0.39 is 0 Å².